The molecule has 0 bridgehead atoms. The van der Waals surface area contributed by atoms with Crippen LogP contribution >= 0.6 is 11.6 Å². The van der Waals surface area contributed by atoms with Crippen LogP contribution in [0.4, 0.5) is 5.95 Å². The molecule has 144 valence electrons. The molecule has 1 unspecified atom stereocenters. The Kier molecular flexibility index (Phi) is 6.34. The molecule has 1 aromatic heterocycles. The SMILES string of the molecule is CCOc1ccnc(N2CCN(C(=O)C(C)Oc3ccc(Cl)cc3)CC2)n1. The van der Waals surface area contributed by atoms with E-state index in [-0.39, 0.29) is 5.91 Å². The van der Waals surface area contributed by atoms with Crippen LogP contribution in [0.5, 0.6) is 11.6 Å². The molecule has 1 atom stereocenters. The maximum Gasteiger partial charge on any atom is 0.263 e. The van der Waals surface area contributed by atoms with Gasteiger partial charge in [-0.05, 0) is 38.1 Å². The van der Waals surface area contributed by atoms with Crippen LogP contribution in [0.2, 0.25) is 5.02 Å². The third-order valence-corrected chi connectivity index (χ3v) is 4.51. The highest BCUT2D eigenvalue weighted by Gasteiger charge is 2.27. The summed E-state index contributed by atoms with van der Waals surface area (Å²) in [5.41, 5.74) is 0. The monoisotopic (exact) mass is 390 g/mol. The third kappa shape index (κ3) is 5.01. The molecule has 2 aromatic rings. The first-order chi connectivity index (χ1) is 13.1. The molecule has 1 saturated heterocycles. The van der Waals surface area contributed by atoms with E-state index in [0.29, 0.717) is 55.4 Å². The lowest BCUT2D eigenvalue weighted by Gasteiger charge is -2.35. The quantitative estimate of drug-likeness (QED) is 0.755. The molecule has 0 spiro atoms. The van der Waals surface area contributed by atoms with E-state index in [4.69, 9.17) is 21.1 Å². The Bertz CT molecular complexity index is 764. The predicted molar refractivity (Wildman–Crippen MR) is 104 cm³/mol. The Hall–Kier alpha value is -2.54. The average Bonchev–Trinajstić information content (AvgIpc) is 2.70. The number of nitrogens with zero attached hydrogens (tertiary/aromatic N) is 4. The highest BCUT2D eigenvalue weighted by molar-refractivity contribution is 6.30. The summed E-state index contributed by atoms with van der Waals surface area (Å²) < 4.78 is 11.2. The van der Waals surface area contributed by atoms with E-state index >= 15 is 0 Å². The van der Waals surface area contributed by atoms with Crippen molar-refractivity contribution in [1.29, 1.82) is 0 Å². The topological polar surface area (TPSA) is 67.8 Å². The molecule has 0 N–H and O–H groups in total. The zero-order valence-electron chi connectivity index (χ0n) is 15.5. The van der Waals surface area contributed by atoms with E-state index in [1.807, 2.05) is 11.8 Å². The molecule has 0 saturated carbocycles. The summed E-state index contributed by atoms with van der Waals surface area (Å²) >= 11 is 5.87. The largest absolute Gasteiger partial charge is 0.481 e. The van der Waals surface area contributed by atoms with Gasteiger partial charge in [-0.25, -0.2) is 4.98 Å². The second-order valence-electron chi connectivity index (χ2n) is 6.15. The molecule has 2 heterocycles. The van der Waals surface area contributed by atoms with E-state index in [1.165, 1.54) is 0 Å². The fraction of sp³-hybridized carbons (Fsp3) is 0.421. The van der Waals surface area contributed by atoms with Crippen LogP contribution in [-0.4, -0.2) is 59.7 Å². The van der Waals surface area contributed by atoms with Gasteiger partial charge in [-0.1, -0.05) is 11.6 Å². The van der Waals surface area contributed by atoms with Crippen LogP contribution in [0, 0.1) is 0 Å². The summed E-state index contributed by atoms with van der Waals surface area (Å²) in [6, 6.07) is 8.73. The number of ether oxygens (including phenoxy) is 2. The van der Waals surface area contributed by atoms with Gasteiger partial charge in [-0.2, -0.15) is 4.98 Å². The Labute approximate surface area is 163 Å². The summed E-state index contributed by atoms with van der Waals surface area (Å²) in [7, 11) is 0. The molecule has 8 heteroatoms. The Morgan fingerprint density at radius 2 is 1.89 bits per heavy atom. The number of anilines is 1. The van der Waals surface area contributed by atoms with E-state index in [2.05, 4.69) is 14.9 Å². The third-order valence-electron chi connectivity index (χ3n) is 4.26. The first-order valence-corrected chi connectivity index (χ1v) is 9.36. The molecule has 0 aliphatic carbocycles. The standard InChI is InChI=1S/C19H23ClN4O3/c1-3-26-17-8-9-21-19(22-17)24-12-10-23(11-13-24)18(25)14(2)27-16-6-4-15(20)5-7-16/h4-9,14H,3,10-13H2,1-2H3. The average molecular weight is 391 g/mol. The first-order valence-electron chi connectivity index (χ1n) is 8.98. The number of piperazine rings is 1. The molecule has 3 rings (SSSR count). The van der Waals surface area contributed by atoms with Crippen molar-refractivity contribution in [3.8, 4) is 11.6 Å². The summed E-state index contributed by atoms with van der Waals surface area (Å²) in [6.07, 6.45) is 1.13. The summed E-state index contributed by atoms with van der Waals surface area (Å²) in [6.45, 7) is 6.75. The minimum absolute atomic E-state index is 0.0337. The molecular weight excluding hydrogens is 368 g/mol. The lowest BCUT2D eigenvalue weighted by molar-refractivity contribution is -0.138. The first kappa shape index (κ1) is 19.2. The highest BCUT2D eigenvalue weighted by Crippen LogP contribution is 2.19. The van der Waals surface area contributed by atoms with Crippen molar-refractivity contribution in [2.45, 2.75) is 20.0 Å². The number of rotatable bonds is 6. The molecule has 1 fully saturated rings. The second kappa shape index (κ2) is 8.90. The fourth-order valence-corrected chi connectivity index (χ4v) is 2.99. The Morgan fingerprint density at radius 1 is 1.19 bits per heavy atom. The maximum absolute atomic E-state index is 12.7. The van der Waals surface area contributed by atoms with Gasteiger partial charge in [0.25, 0.3) is 5.91 Å². The Morgan fingerprint density at radius 3 is 2.56 bits per heavy atom. The molecular formula is C19H23ClN4O3. The highest BCUT2D eigenvalue weighted by atomic mass is 35.5. The van der Waals surface area contributed by atoms with Crippen molar-refractivity contribution < 1.29 is 14.3 Å². The van der Waals surface area contributed by atoms with Crippen LogP contribution < -0.4 is 14.4 Å². The van der Waals surface area contributed by atoms with Crippen molar-refractivity contribution >= 4 is 23.5 Å². The van der Waals surface area contributed by atoms with Crippen molar-refractivity contribution in [2.75, 3.05) is 37.7 Å². The lowest BCUT2D eigenvalue weighted by atomic mass is 10.2. The smallest absolute Gasteiger partial charge is 0.263 e. The van der Waals surface area contributed by atoms with Gasteiger partial charge in [0, 0.05) is 43.5 Å². The molecule has 0 radical (unpaired) electrons. The van der Waals surface area contributed by atoms with Crippen LogP contribution in [0.3, 0.4) is 0 Å². The van der Waals surface area contributed by atoms with E-state index in [9.17, 15) is 4.79 Å². The molecule has 1 aliphatic heterocycles. The number of amides is 1. The minimum atomic E-state index is -0.560. The van der Waals surface area contributed by atoms with Crippen molar-refractivity contribution in [2.24, 2.45) is 0 Å². The minimum Gasteiger partial charge on any atom is -0.481 e. The van der Waals surface area contributed by atoms with Gasteiger partial charge >= 0.3 is 0 Å². The van der Waals surface area contributed by atoms with Crippen molar-refractivity contribution in [3.63, 3.8) is 0 Å². The van der Waals surface area contributed by atoms with Gasteiger partial charge in [0.15, 0.2) is 6.10 Å². The molecule has 27 heavy (non-hydrogen) atoms. The number of halogens is 1. The van der Waals surface area contributed by atoms with E-state index < -0.39 is 6.10 Å². The number of aromatic nitrogens is 2. The maximum atomic E-state index is 12.7. The number of carbonyl (C=O) groups excluding carboxylic acids is 1. The summed E-state index contributed by atoms with van der Waals surface area (Å²) in [4.78, 5) is 25.2. The van der Waals surface area contributed by atoms with E-state index in [1.54, 1.807) is 43.5 Å². The van der Waals surface area contributed by atoms with Crippen LogP contribution in [0.15, 0.2) is 36.5 Å². The van der Waals surface area contributed by atoms with Gasteiger partial charge < -0.3 is 19.3 Å². The second-order valence-corrected chi connectivity index (χ2v) is 6.59. The number of benzene rings is 1. The molecule has 1 amide bonds. The normalized spacial score (nSPS) is 15.4. The van der Waals surface area contributed by atoms with Gasteiger partial charge in [-0.3, -0.25) is 4.79 Å². The molecule has 1 aliphatic rings. The molecule has 7 nitrogen and oxygen atoms in total. The van der Waals surface area contributed by atoms with Crippen molar-refractivity contribution in [3.05, 3.63) is 41.6 Å². The van der Waals surface area contributed by atoms with Gasteiger partial charge in [-0.15, -0.1) is 0 Å². The Balaban J connectivity index is 1.54. The van der Waals surface area contributed by atoms with Crippen LogP contribution in [0.1, 0.15) is 13.8 Å². The number of carbonyl (C=O) groups is 1. The van der Waals surface area contributed by atoms with Gasteiger partial charge in [0.2, 0.25) is 11.8 Å². The van der Waals surface area contributed by atoms with Gasteiger partial charge in [0.05, 0.1) is 6.61 Å². The van der Waals surface area contributed by atoms with Gasteiger partial charge in [0.1, 0.15) is 5.75 Å². The van der Waals surface area contributed by atoms with Crippen LogP contribution in [0.25, 0.3) is 0 Å². The molecule has 1 aromatic carbocycles. The van der Waals surface area contributed by atoms with Crippen LogP contribution in [-0.2, 0) is 4.79 Å². The summed E-state index contributed by atoms with van der Waals surface area (Å²) in [5.74, 6) is 1.78. The zero-order valence-corrected chi connectivity index (χ0v) is 16.2. The zero-order chi connectivity index (χ0) is 19.2. The van der Waals surface area contributed by atoms with Crippen molar-refractivity contribution in [1.82, 2.24) is 14.9 Å². The lowest BCUT2D eigenvalue weighted by Crippen LogP contribution is -2.52. The number of hydrogen-bond acceptors (Lipinski definition) is 6. The summed E-state index contributed by atoms with van der Waals surface area (Å²) in [5, 5.41) is 0.632. The predicted octanol–water partition coefficient (Wildman–Crippen LogP) is 2.64. The van der Waals surface area contributed by atoms with E-state index in [0.717, 1.165) is 0 Å². The number of hydrogen-bond donors (Lipinski definition) is 0. The fourth-order valence-electron chi connectivity index (χ4n) is 2.86.